The van der Waals surface area contributed by atoms with Crippen molar-refractivity contribution < 1.29 is 21.2 Å². The molecule has 1 heteroatoms. The van der Waals surface area contributed by atoms with Gasteiger partial charge in [-0.1, -0.05) is 0 Å². The summed E-state index contributed by atoms with van der Waals surface area (Å²) in [7, 11) is 0. The van der Waals surface area contributed by atoms with Crippen LogP contribution in [0.15, 0.2) is 0 Å². The zero-order valence-corrected chi connectivity index (χ0v) is 7.65. The fraction of sp³-hybridized carbons (Fsp3) is 1.00. The van der Waals surface area contributed by atoms with Gasteiger partial charge in [0.15, 0.2) is 0 Å². The molecule has 0 nitrogen and oxygen atoms in total. The van der Waals surface area contributed by atoms with E-state index in [2.05, 4.69) is 4.93 Å². The van der Waals surface area contributed by atoms with Gasteiger partial charge in [-0.3, -0.25) is 0 Å². The van der Waals surface area contributed by atoms with E-state index in [0.717, 1.165) is 0 Å². The van der Waals surface area contributed by atoms with Crippen molar-refractivity contribution in [3.8, 4) is 0 Å². The molecule has 1 fully saturated rings. The van der Waals surface area contributed by atoms with Crippen LogP contribution in [0.25, 0.3) is 0 Å². The minimum atomic E-state index is 0.586. The average molecular weight is 225 g/mol. The van der Waals surface area contributed by atoms with Gasteiger partial charge in [0.25, 0.3) is 0 Å². The molecule has 0 aromatic heterocycles. The molecule has 0 aliphatic heterocycles. The predicted octanol–water partition coefficient (Wildman–Crippen LogP) is -0.962. The van der Waals surface area contributed by atoms with E-state index in [1.807, 2.05) is 0 Å². The molecule has 8 heavy (non-hydrogen) atoms. The Morgan fingerprint density at radius 2 is 1.75 bits per heavy atom. The fourth-order valence-corrected chi connectivity index (χ4v) is 3.40. The SMILES string of the molecule is C[I-]C1CCCCC1. The summed E-state index contributed by atoms with van der Waals surface area (Å²) in [5.41, 5.74) is 0. The van der Waals surface area contributed by atoms with Gasteiger partial charge in [0, 0.05) is 0 Å². The Labute approximate surface area is 62.3 Å². The van der Waals surface area contributed by atoms with Crippen molar-refractivity contribution in [2.75, 3.05) is 4.93 Å². The third kappa shape index (κ3) is 1.92. The minimum absolute atomic E-state index is 0.586. The molecule has 1 aliphatic carbocycles. The van der Waals surface area contributed by atoms with Gasteiger partial charge in [-0.25, -0.2) is 0 Å². The van der Waals surface area contributed by atoms with E-state index in [0.29, 0.717) is 21.2 Å². The molecular formula is C7H14I-. The van der Waals surface area contributed by atoms with Crippen molar-refractivity contribution in [1.82, 2.24) is 0 Å². The third-order valence-corrected chi connectivity index (χ3v) is 4.85. The first-order chi connectivity index (χ1) is 3.93. The molecule has 50 valence electrons. The van der Waals surface area contributed by atoms with Crippen LogP contribution in [0.3, 0.4) is 0 Å². The first-order valence-electron chi connectivity index (χ1n) is 3.41. The van der Waals surface area contributed by atoms with Crippen molar-refractivity contribution >= 4 is 0 Å². The van der Waals surface area contributed by atoms with E-state index in [1.165, 1.54) is 23.2 Å². The van der Waals surface area contributed by atoms with Crippen LogP contribution in [-0.2, 0) is 0 Å². The molecule has 0 bridgehead atoms. The summed E-state index contributed by atoms with van der Waals surface area (Å²) < 4.78 is 1.20. The number of hydrogen-bond donors (Lipinski definition) is 0. The third-order valence-electron chi connectivity index (χ3n) is 1.84. The molecule has 0 atom stereocenters. The number of alkyl halides is 2. The Hall–Kier alpha value is 0.730. The van der Waals surface area contributed by atoms with Crippen LogP contribution in [0.5, 0.6) is 0 Å². The molecule has 1 aliphatic rings. The van der Waals surface area contributed by atoms with Crippen LogP contribution in [0, 0.1) is 0 Å². The quantitative estimate of drug-likeness (QED) is 0.398. The van der Waals surface area contributed by atoms with Crippen molar-refractivity contribution in [3.63, 3.8) is 0 Å². The average Bonchev–Trinajstić information content (AvgIpc) is 1.90. The Morgan fingerprint density at radius 1 is 1.12 bits per heavy atom. The van der Waals surface area contributed by atoms with E-state index < -0.39 is 0 Å². The Bertz CT molecular complexity index is 55.4. The van der Waals surface area contributed by atoms with Gasteiger partial charge in [-0.15, -0.1) is 0 Å². The molecule has 1 saturated carbocycles. The van der Waals surface area contributed by atoms with E-state index >= 15 is 0 Å². The van der Waals surface area contributed by atoms with Crippen LogP contribution >= 0.6 is 0 Å². The predicted molar refractivity (Wildman–Crippen MR) is 32.8 cm³/mol. The maximum atomic E-state index is 2.43. The zero-order chi connectivity index (χ0) is 5.82. The van der Waals surface area contributed by atoms with Gasteiger partial charge >= 0.3 is 62.2 Å². The second kappa shape index (κ2) is 3.70. The standard InChI is InChI=1S/C7H14I/c1-8-7-5-3-2-4-6-7/h7H,2-6H2,1H3/q-1. The van der Waals surface area contributed by atoms with Gasteiger partial charge in [-0.05, 0) is 0 Å². The summed E-state index contributed by atoms with van der Waals surface area (Å²) in [5.74, 6) is 0. The van der Waals surface area contributed by atoms with Gasteiger partial charge in [-0.2, -0.15) is 0 Å². The molecule has 0 aromatic carbocycles. The molecule has 0 unspecified atom stereocenters. The molecule has 1 rings (SSSR count). The number of hydrogen-bond acceptors (Lipinski definition) is 0. The van der Waals surface area contributed by atoms with E-state index in [4.69, 9.17) is 0 Å². The van der Waals surface area contributed by atoms with Gasteiger partial charge < -0.3 is 0 Å². The molecule has 0 N–H and O–H groups in total. The van der Waals surface area contributed by atoms with Gasteiger partial charge in [0.2, 0.25) is 0 Å². The molecule has 0 amide bonds. The second-order valence-electron chi connectivity index (χ2n) is 2.45. The maximum absolute atomic E-state index is 2.43. The summed E-state index contributed by atoms with van der Waals surface area (Å²) in [6, 6.07) is 0. The summed E-state index contributed by atoms with van der Waals surface area (Å²) in [5, 5.41) is 0. The summed E-state index contributed by atoms with van der Waals surface area (Å²) >= 11 is 0.586. The first kappa shape index (κ1) is 6.84. The monoisotopic (exact) mass is 225 g/mol. The molecule has 0 saturated heterocycles. The fourth-order valence-electron chi connectivity index (χ4n) is 1.27. The Kier molecular flexibility index (Phi) is 3.16. The van der Waals surface area contributed by atoms with Crippen molar-refractivity contribution in [1.29, 1.82) is 0 Å². The topological polar surface area (TPSA) is 0 Å². The Morgan fingerprint density at radius 3 is 2.12 bits per heavy atom. The van der Waals surface area contributed by atoms with Crippen LogP contribution in [0.4, 0.5) is 0 Å². The zero-order valence-electron chi connectivity index (χ0n) is 5.49. The molecule has 0 heterocycles. The van der Waals surface area contributed by atoms with Crippen molar-refractivity contribution in [2.24, 2.45) is 0 Å². The summed E-state index contributed by atoms with van der Waals surface area (Å²) in [6.07, 6.45) is 7.68. The van der Waals surface area contributed by atoms with E-state index in [1.54, 1.807) is 12.8 Å². The molecule has 0 aromatic rings. The number of rotatable bonds is 1. The summed E-state index contributed by atoms with van der Waals surface area (Å²) in [4.78, 5) is 2.43. The van der Waals surface area contributed by atoms with Crippen molar-refractivity contribution in [2.45, 2.75) is 36.0 Å². The van der Waals surface area contributed by atoms with Crippen molar-refractivity contribution in [3.05, 3.63) is 0 Å². The van der Waals surface area contributed by atoms with Crippen LogP contribution in [0.2, 0.25) is 0 Å². The van der Waals surface area contributed by atoms with Gasteiger partial charge in [0.1, 0.15) is 0 Å². The Balaban J connectivity index is 2.13. The normalized spacial score (nSPS) is 24.1. The summed E-state index contributed by atoms with van der Waals surface area (Å²) in [6.45, 7) is 0. The van der Waals surface area contributed by atoms with Gasteiger partial charge in [0.05, 0.1) is 0 Å². The van der Waals surface area contributed by atoms with Crippen LogP contribution < -0.4 is 21.2 Å². The first-order valence-corrected chi connectivity index (χ1v) is 6.82. The number of halogens is 1. The van der Waals surface area contributed by atoms with Crippen LogP contribution in [-0.4, -0.2) is 8.86 Å². The van der Waals surface area contributed by atoms with E-state index in [9.17, 15) is 0 Å². The molecule has 0 spiro atoms. The van der Waals surface area contributed by atoms with E-state index in [-0.39, 0.29) is 0 Å². The molecular weight excluding hydrogens is 211 g/mol. The molecule has 0 radical (unpaired) electrons. The second-order valence-corrected chi connectivity index (χ2v) is 5.46. The van der Waals surface area contributed by atoms with Crippen LogP contribution in [0.1, 0.15) is 32.1 Å².